The van der Waals surface area contributed by atoms with E-state index in [0.29, 0.717) is 26.1 Å². The van der Waals surface area contributed by atoms with Gasteiger partial charge in [-0.15, -0.1) is 0 Å². The lowest BCUT2D eigenvalue weighted by Crippen LogP contribution is -2.50. The molecular weight excluding hydrogens is 258 g/mol. The van der Waals surface area contributed by atoms with E-state index in [1.165, 1.54) is 0 Å². The van der Waals surface area contributed by atoms with Crippen molar-refractivity contribution in [3.05, 3.63) is 29.5 Å². The molecule has 0 amide bonds. The number of carboxylic acid groups (broad SMARTS) is 1. The summed E-state index contributed by atoms with van der Waals surface area (Å²) in [6, 6.07) is 5.91. The summed E-state index contributed by atoms with van der Waals surface area (Å²) in [6.07, 6.45) is 0.483. The predicted molar refractivity (Wildman–Crippen MR) is 73.2 cm³/mol. The third kappa shape index (κ3) is 2.17. The second-order valence-electron chi connectivity index (χ2n) is 5.52. The quantitative estimate of drug-likeness (QED) is 0.872. The van der Waals surface area contributed by atoms with E-state index in [9.17, 15) is 4.79 Å². The van der Waals surface area contributed by atoms with E-state index in [0.717, 1.165) is 22.2 Å². The molecule has 0 aliphatic carbocycles. The molecule has 1 aromatic heterocycles. The third-order valence-electron chi connectivity index (χ3n) is 3.93. The van der Waals surface area contributed by atoms with E-state index in [1.54, 1.807) is 0 Å². The Bertz CT molecular complexity index is 667. The van der Waals surface area contributed by atoms with E-state index < -0.39 is 11.5 Å². The monoisotopic (exact) mass is 275 g/mol. The summed E-state index contributed by atoms with van der Waals surface area (Å²) >= 11 is 0. The van der Waals surface area contributed by atoms with Crippen LogP contribution in [0.1, 0.15) is 17.7 Å². The Hall–Kier alpha value is -1.92. The third-order valence-corrected chi connectivity index (χ3v) is 3.93. The van der Waals surface area contributed by atoms with Crippen molar-refractivity contribution >= 4 is 16.9 Å². The lowest BCUT2D eigenvalue weighted by Gasteiger charge is -2.20. The fourth-order valence-corrected chi connectivity index (χ4v) is 2.69. The number of hydrogen-bond acceptors (Lipinski definition) is 5. The van der Waals surface area contributed by atoms with Gasteiger partial charge in [0.25, 0.3) is 0 Å². The number of aromatic nitrogens is 1. The first kappa shape index (κ1) is 13.1. The van der Waals surface area contributed by atoms with Gasteiger partial charge in [0.2, 0.25) is 0 Å². The Morgan fingerprint density at radius 2 is 2.40 bits per heavy atom. The molecule has 0 spiro atoms. The first-order valence-electron chi connectivity index (χ1n) is 6.57. The molecule has 0 radical (unpaired) electrons. The molecule has 20 heavy (non-hydrogen) atoms. The van der Waals surface area contributed by atoms with Crippen molar-refractivity contribution in [2.75, 3.05) is 13.1 Å². The van der Waals surface area contributed by atoms with E-state index in [-0.39, 0.29) is 0 Å². The van der Waals surface area contributed by atoms with Gasteiger partial charge in [-0.1, -0.05) is 11.2 Å². The van der Waals surface area contributed by atoms with E-state index in [2.05, 4.69) is 10.1 Å². The minimum Gasteiger partial charge on any atom is -0.480 e. The molecule has 0 saturated carbocycles. The molecule has 2 aromatic rings. The molecule has 2 heterocycles. The fourth-order valence-electron chi connectivity index (χ4n) is 2.69. The van der Waals surface area contributed by atoms with Gasteiger partial charge in [-0.3, -0.25) is 9.69 Å². The summed E-state index contributed by atoms with van der Waals surface area (Å²) in [6.45, 7) is 3.67. The van der Waals surface area contributed by atoms with Crippen LogP contribution in [0, 0.1) is 6.92 Å². The number of nitrogens with two attached hydrogens (primary N) is 1. The van der Waals surface area contributed by atoms with Crippen molar-refractivity contribution in [2.24, 2.45) is 5.73 Å². The number of nitrogens with zero attached hydrogens (tertiary/aromatic N) is 2. The van der Waals surface area contributed by atoms with Gasteiger partial charge in [-0.05, 0) is 31.0 Å². The van der Waals surface area contributed by atoms with Crippen LogP contribution < -0.4 is 5.73 Å². The van der Waals surface area contributed by atoms with Crippen LogP contribution in [0.4, 0.5) is 0 Å². The second-order valence-corrected chi connectivity index (χ2v) is 5.52. The van der Waals surface area contributed by atoms with Crippen LogP contribution >= 0.6 is 0 Å². The van der Waals surface area contributed by atoms with Crippen LogP contribution in [0.2, 0.25) is 0 Å². The number of rotatable bonds is 3. The van der Waals surface area contributed by atoms with Crippen LogP contribution in [0.5, 0.6) is 0 Å². The zero-order chi connectivity index (χ0) is 14.3. The number of fused-ring (bicyclic) bond motifs is 1. The highest BCUT2D eigenvalue weighted by molar-refractivity contribution is 5.80. The van der Waals surface area contributed by atoms with Crippen LogP contribution in [-0.4, -0.2) is 39.8 Å². The highest BCUT2D eigenvalue weighted by atomic mass is 16.5. The maximum absolute atomic E-state index is 11.1. The number of hydrogen-bond donors (Lipinski definition) is 2. The van der Waals surface area contributed by atoms with Crippen LogP contribution in [0.25, 0.3) is 11.0 Å². The highest BCUT2D eigenvalue weighted by Gasteiger charge is 2.41. The Morgan fingerprint density at radius 1 is 1.60 bits per heavy atom. The number of aliphatic carboxylic acids is 1. The molecule has 6 nitrogen and oxygen atoms in total. The molecular formula is C14H17N3O3. The first-order chi connectivity index (χ1) is 9.48. The average molecular weight is 275 g/mol. The minimum absolute atomic E-state index is 0.378. The van der Waals surface area contributed by atoms with Crippen molar-refractivity contribution in [1.82, 2.24) is 10.1 Å². The number of aryl methyl sites for hydroxylation is 1. The Balaban J connectivity index is 1.77. The molecule has 3 rings (SSSR count). The normalized spacial score (nSPS) is 23.5. The van der Waals surface area contributed by atoms with Gasteiger partial charge < -0.3 is 15.4 Å². The van der Waals surface area contributed by atoms with Gasteiger partial charge in [0.05, 0.1) is 5.69 Å². The molecule has 6 heteroatoms. The van der Waals surface area contributed by atoms with E-state index in [4.69, 9.17) is 15.4 Å². The minimum atomic E-state index is -1.11. The Labute approximate surface area is 116 Å². The molecule has 1 saturated heterocycles. The Kier molecular flexibility index (Phi) is 2.99. The lowest BCUT2D eigenvalue weighted by atomic mass is 10.0. The van der Waals surface area contributed by atoms with Crippen molar-refractivity contribution in [1.29, 1.82) is 0 Å². The number of likely N-dealkylation sites (tertiary alicyclic amines) is 1. The molecule has 106 valence electrons. The molecule has 1 aromatic carbocycles. The number of benzene rings is 1. The van der Waals surface area contributed by atoms with Crippen molar-refractivity contribution in [2.45, 2.75) is 25.4 Å². The maximum Gasteiger partial charge on any atom is 0.325 e. The summed E-state index contributed by atoms with van der Waals surface area (Å²) in [5.74, 6) is -0.926. The topological polar surface area (TPSA) is 92.6 Å². The summed E-state index contributed by atoms with van der Waals surface area (Å²) in [5.41, 5.74) is 7.51. The lowest BCUT2D eigenvalue weighted by molar-refractivity contribution is -0.142. The average Bonchev–Trinajstić information content (AvgIpc) is 2.96. The Morgan fingerprint density at radius 3 is 3.10 bits per heavy atom. The molecule has 1 fully saturated rings. The SMILES string of the molecule is Cc1noc2ccc(CN3CC[C@@](N)(C(=O)O)C3)cc12. The second kappa shape index (κ2) is 4.57. The largest absolute Gasteiger partial charge is 0.480 e. The highest BCUT2D eigenvalue weighted by Crippen LogP contribution is 2.24. The van der Waals surface area contributed by atoms with Gasteiger partial charge >= 0.3 is 5.97 Å². The van der Waals surface area contributed by atoms with Crippen molar-refractivity contribution in [3.8, 4) is 0 Å². The summed E-state index contributed by atoms with van der Waals surface area (Å²) in [4.78, 5) is 13.2. The predicted octanol–water partition coefficient (Wildman–Crippen LogP) is 1.12. The van der Waals surface area contributed by atoms with Gasteiger partial charge in [-0.25, -0.2) is 0 Å². The zero-order valence-electron chi connectivity index (χ0n) is 11.3. The van der Waals surface area contributed by atoms with Gasteiger partial charge in [-0.2, -0.15) is 0 Å². The molecule has 1 atom stereocenters. The molecule has 1 aliphatic rings. The van der Waals surface area contributed by atoms with Crippen LogP contribution in [0.3, 0.4) is 0 Å². The zero-order valence-corrected chi connectivity index (χ0v) is 11.3. The van der Waals surface area contributed by atoms with Crippen molar-refractivity contribution < 1.29 is 14.4 Å². The van der Waals surface area contributed by atoms with Gasteiger partial charge in [0.1, 0.15) is 5.54 Å². The van der Waals surface area contributed by atoms with Crippen LogP contribution in [0.15, 0.2) is 22.7 Å². The number of carboxylic acids is 1. The van der Waals surface area contributed by atoms with Crippen molar-refractivity contribution in [3.63, 3.8) is 0 Å². The summed E-state index contributed by atoms with van der Waals surface area (Å²) in [7, 11) is 0. The molecule has 0 bridgehead atoms. The standard InChI is InChI=1S/C14H17N3O3/c1-9-11-6-10(2-3-12(11)20-16-9)7-17-5-4-14(15,8-17)13(18)19/h2-3,6H,4-5,7-8,15H2,1H3,(H,18,19)/t14-/m0/s1. The van der Waals surface area contributed by atoms with Crippen LogP contribution in [-0.2, 0) is 11.3 Å². The van der Waals surface area contributed by atoms with Gasteiger partial charge in [0.15, 0.2) is 5.58 Å². The van der Waals surface area contributed by atoms with E-state index >= 15 is 0 Å². The maximum atomic E-state index is 11.1. The molecule has 3 N–H and O–H groups in total. The fraction of sp³-hybridized carbons (Fsp3) is 0.429. The summed E-state index contributed by atoms with van der Waals surface area (Å²) < 4.78 is 5.18. The van der Waals surface area contributed by atoms with Gasteiger partial charge in [0, 0.05) is 25.0 Å². The molecule has 1 aliphatic heterocycles. The summed E-state index contributed by atoms with van der Waals surface area (Å²) in [5, 5.41) is 14.1. The first-order valence-corrected chi connectivity index (χ1v) is 6.57. The molecule has 0 unspecified atom stereocenters. The number of carbonyl (C=O) groups is 1. The smallest absolute Gasteiger partial charge is 0.325 e. The van der Waals surface area contributed by atoms with E-state index in [1.807, 2.05) is 25.1 Å².